The Morgan fingerprint density at radius 1 is 0.536 bits per heavy atom. The number of rotatable bonds is 24. The highest BCUT2D eigenvalue weighted by Crippen LogP contribution is 2.20. The molecule has 0 bridgehead atoms. The number of Topliss-reactive ketones (excluding diaryl/α,β-unsaturated/α-hetero) is 2. The maximum absolute atomic E-state index is 13.0. The van der Waals surface area contributed by atoms with E-state index >= 15 is 0 Å². The summed E-state index contributed by atoms with van der Waals surface area (Å²) in [5, 5.41) is 2.73. The number of ketones is 2. The molecule has 4 aliphatic heterocycles. The van der Waals surface area contributed by atoms with Crippen LogP contribution in [0.5, 0.6) is 0 Å². The van der Waals surface area contributed by atoms with Gasteiger partial charge in [0.1, 0.15) is 11.6 Å². The van der Waals surface area contributed by atoms with E-state index in [-0.39, 0.29) is 95.1 Å². The molecule has 0 fully saturated rings. The van der Waals surface area contributed by atoms with E-state index in [1.165, 1.54) is 6.92 Å². The number of imide groups is 4. The smallest absolute Gasteiger partial charge is 0.253 e. The van der Waals surface area contributed by atoms with Crippen LogP contribution in [0.3, 0.4) is 0 Å². The van der Waals surface area contributed by atoms with Crippen LogP contribution in [0.15, 0.2) is 48.6 Å². The number of nitrogens with zero attached hydrogens (tertiary/aromatic N) is 5. The van der Waals surface area contributed by atoms with E-state index in [1.54, 1.807) is 4.90 Å². The standard InChI is InChI=1S/C38H44N6O12/c1-25(45)6-11-30(48)40(21-3-2-5-28(46)9-7-26(43-35(53)16-17-36(43)54)23-41-31(49)12-13-32(41)50)22-4-20-39-29(47)10-8-27(44-37(55)18-19-38(44)56)24-42-33(51)14-15-34(42)52/h12-19,26-27H,2-11,20-24H2,1H3,(H,39,47). The summed E-state index contributed by atoms with van der Waals surface area (Å²) in [5.41, 5.74) is 0. The average Bonchev–Trinajstić information content (AvgIpc) is 3.88. The van der Waals surface area contributed by atoms with Crippen molar-refractivity contribution in [2.75, 3.05) is 32.7 Å². The molecule has 0 spiro atoms. The maximum Gasteiger partial charge on any atom is 0.253 e. The minimum atomic E-state index is -0.925. The van der Waals surface area contributed by atoms with E-state index in [0.29, 0.717) is 19.3 Å². The second-order valence-electron chi connectivity index (χ2n) is 13.7. The number of hydrogen-bond donors (Lipinski definition) is 1. The van der Waals surface area contributed by atoms with Gasteiger partial charge in [-0.15, -0.1) is 0 Å². The van der Waals surface area contributed by atoms with Gasteiger partial charge in [0.05, 0.1) is 25.2 Å². The third-order valence-electron chi connectivity index (χ3n) is 9.57. The molecule has 4 heterocycles. The number of carbonyl (C=O) groups excluding carboxylic acids is 12. The molecule has 2 unspecified atom stereocenters. The molecule has 10 amide bonds. The van der Waals surface area contributed by atoms with Crippen molar-refractivity contribution in [1.29, 1.82) is 0 Å². The molecule has 18 nitrogen and oxygen atoms in total. The van der Waals surface area contributed by atoms with Crippen LogP contribution in [0.25, 0.3) is 0 Å². The predicted molar refractivity (Wildman–Crippen MR) is 193 cm³/mol. The Balaban J connectivity index is 1.22. The lowest BCUT2D eigenvalue weighted by Crippen LogP contribution is -2.49. The topological polar surface area (TPSA) is 233 Å². The predicted octanol–water partition coefficient (Wildman–Crippen LogP) is -0.572. The van der Waals surface area contributed by atoms with Crippen LogP contribution in [0.4, 0.5) is 0 Å². The van der Waals surface area contributed by atoms with Gasteiger partial charge in [-0.3, -0.25) is 72.3 Å². The van der Waals surface area contributed by atoms with Crippen molar-refractivity contribution >= 4 is 70.6 Å². The highest BCUT2D eigenvalue weighted by atomic mass is 16.2. The summed E-state index contributed by atoms with van der Waals surface area (Å²) in [4.78, 5) is 153. The molecular formula is C38H44N6O12. The van der Waals surface area contributed by atoms with Gasteiger partial charge in [0.2, 0.25) is 11.8 Å². The summed E-state index contributed by atoms with van der Waals surface area (Å²) in [6, 6.07) is -1.82. The summed E-state index contributed by atoms with van der Waals surface area (Å²) >= 11 is 0. The van der Waals surface area contributed by atoms with Gasteiger partial charge in [-0.05, 0) is 39.0 Å². The Morgan fingerprint density at radius 3 is 1.43 bits per heavy atom. The zero-order valence-electron chi connectivity index (χ0n) is 31.0. The first-order chi connectivity index (χ1) is 26.7. The minimum absolute atomic E-state index is 0.00984. The van der Waals surface area contributed by atoms with E-state index in [2.05, 4.69) is 5.32 Å². The van der Waals surface area contributed by atoms with Gasteiger partial charge in [-0.25, -0.2) is 0 Å². The van der Waals surface area contributed by atoms with Gasteiger partial charge < -0.3 is 15.0 Å². The average molecular weight is 777 g/mol. The van der Waals surface area contributed by atoms with Gasteiger partial charge in [0, 0.05) is 100 Å². The highest BCUT2D eigenvalue weighted by Gasteiger charge is 2.37. The molecule has 0 aromatic rings. The minimum Gasteiger partial charge on any atom is -0.356 e. The van der Waals surface area contributed by atoms with Crippen molar-refractivity contribution in [1.82, 2.24) is 29.8 Å². The number of amides is 10. The van der Waals surface area contributed by atoms with E-state index in [1.807, 2.05) is 0 Å². The third-order valence-corrected chi connectivity index (χ3v) is 9.57. The monoisotopic (exact) mass is 776 g/mol. The molecular weight excluding hydrogens is 732 g/mol. The molecule has 1 N–H and O–H groups in total. The van der Waals surface area contributed by atoms with E-state index < -0.39 is 65.2 Å². The molecule has 2 atom stereocenters. The molecule has 4 aliphatic rings. The normalized spacial score (nSPS) is 17.4. The summed E-state index contributed by atoms with van der Waals surface area (Å²) in [7, 11) is 0. The first-order valence-electron chi connectivity index (χ1n) is 18.4. The van der Waals surface area contributed by atoms with Crippen molar-refractivity contribution in [3.05, 3.63) is 48.6 Å². The Labute approximate surface area is 322 Å². The lowest BCUT2D eigenvalue weighted by atomic mass is 10.0. The number of nitrogens with one attached hydrogen (secondary N) is 1. The molecule has 56 heavy (non-hydrogen) atoms. The van der Waals surface area contributed by atoms with Crippen molar-refractivity contribution in [2.45, 2.75) is 83.2 Å². The van der Waals surface area contributed by atoms with Gasteiger partial charge in [0.15, 0.2) is 0 Å². The molecule has 0 aromatic carbocycles. The van der Waals surface area contributed by atoms with Crippen LogP contribution in [-0.2, 0) is 57.5 Å². The summed E-state index contributed by atoms with van der Waals surface area (Å²) < 4.78 is 0. The van der Waals surface area contributed by atoms with E-state index in [4.69, 9.17) is 0 Å². The molecule has 0 radical (unpaired) electrons. The van der Waals surface area contributed by atoms with Gasteiger partial charge in [0.25, 0.3) is 47.3 Å². The second kappa shape index (κ2) is 19.9. The van der Waals surface area contributed by atoms with Crippen molar-refractivity contribution in [3.8, 4) is 0 Å². The van der Waals surface area contributed by atoms with Crippen LogP contribution in [0.1, 0.15) is 71.1 Å². The number of unbranched alkanes of at least 4 members (excludes halogenated alkanes) is 1. The van der Waals surface area contributed by atoms with Crippen LogP contribution in [0.2, 0.25) is 0 Å². The van der Waals surface area contributed by atoms with Crippen LogP contribution >= 0.6 is 0 Å². The summed E-state index contributed by atoms with van der Waals surface area (Å²) in [6.07, 6.45) is 9.88. The highest BCUT2D eigenvalue weighted by molar-refractivity contribution is 6.15. The number of carbonyl (C=O) groups is 12. The molecule has 0 saturated carbocycles. The van der Waals surface area contributed by atoms with E-state index in [9.17, 15) is 57.5 Å². The zero-order valence-corrected chi connectivity index (χ0v) is 31.0. The second-order valence-corrected chi connectivity index (χ2v) is 13.7. The first-order valence-corrected chi connectivity index (χ1v) is 18.4. The van der Waals surface area contributed by atoms with Gasteiger partial charge >= 0.3 is 0 Å². The first kappa shape index (κ1) is 42.5. The molecule has 298 valence electrons. The Bertz CT molecular complexity index is 1630. The molecule has 0 aromatic heterocycles. The largest absolute Gasteiger partial charge is 0.356 e. The Kier molecular flexibility index (Phi) is 15.1. The lowest BCUT2D eigenvalue weighted by molar-refractivity contribution is -0.145. The summed E-state index contributed by atoms with van der Waals surface area (Å²) in [6.45, 7) is 1.54. The van der Waals surface area contributed by atoms with Crippen LogP contribution in [-0.4, -0.2) is 140 Å². The Hall–Kier alpha value is -6.20. The lowest BCUT2D eigenvalue weighted by Gasteiger charge is -2.29. The summed E-state index contributed by atoms with van der Waals surface area (Å²) in [5.74, 6) is -5.79. The molecule has 4 rings (SSSR count). The van der Waals surface area contributed by atoms with Crippen molar-refractivity contribution < 1.29 is 57.5 Å². The fraction of sp³-hybridized carbons (Fsp3) is 0.474. The quantitative estimate of drug-likeness (QED) is 0.0959. The fourth-order valence-corrected chi connectivity index (χ4v) is 6.55. The van der Waals surface area contributed by atoms with Crippen LogP contribution in [0, 0.1) is 0 Å². The van der Waals surface area contributed by atoms with Crippen molar-refractivity contribution in [3.63, 3.8) is 0 Å². The molecule has 0 aliphatic carbocycles. The number of hydrogen-bond acceptors (Lipinski definition) is 12. The SMILES string of the molecule is CC(=O)CCC(=O)N(CCCCC(=O)CCC(CN1C(=O)C=CC1=O)N1C(=O)C=CC1=O)CCCNC(=O)CCC(CN1C(=O)C=CC1=O)N1C(=O)C=CC1=O. The molecule has 18 heteroatoms. The van der Waals surface area contributed by atoms with Crippen molar-refractivity contribution in [2.24, 2.45) is 0 Å². The fourth-order valence-electron chi connectivity index (χ4n) is 6.55. The third kappa shape index (κ3) is 11.6. The Morgan fingerprint density at radius 2 is 0.964 bits per heavy atom. The van der Waals surface area contributed by atoms with Crippen LogP contribution < -0.4 is 5.32 Å². The maximum atomic E-state index is 13.0. The van der Waals surface area contributed by atoms with Gasteiger partial charge in [-0.2, -0.15) is 0 Å². The zero-order chi connectivity index (χ0) is 40.9. The van der Waals surface area contributed by atoms with E-state index in [0.717, 1.165) is 68.2 Å². The molecule has 0 saturated heterocycles. The van der Waals surface area contributed by atoms with Gasteiger partial charge in [-0.1, -0.05) is 0 Å².